The minimum absolute atomic E-state index is 0.149. The Morgan fingerprint density at radius 3 is 2.54 bits per heavy atom. The number of nitrogens with zero attached hydrogens (tertiary/aromatic N) is 1. The van der Waals surface area contributed by atoms with Crippen LogP contribution in [0.15, 0.2) is 12.1 Å². The first kappa shape index (κ1) is 15.6. The van der Waals surface area contributed by atoms with Gasteiger partial charge in [-0.15, -0.1) is 11.3 Å². The Kier molecular flexibility index (Phi) is 3.64. The lowest BCUT2D eigenvalue weighted by molar-refractivity contribution is 0.448. The Morgan fingerprint density at radius 2 is 1.75 bits per heavy atom. The molecule has 0 bridgehead atoms. The minimum atomic E-state index is -1.41. The first-order valence-corrected chi connectivity index (χ1v) is 8.85. The van der Waals surface area contributed by atoms with Crippen LogP contribution in [0, 0.1) is 31.3 Å². The molecule has 1 aliphatic rings. The van der Waals surface area contributed by atoms with Gasteiger partial charge in [0.15, 0.2) is 17.5 Å². The molecule has 0 saturated heterocycles. The number of fused-ring (bicyclic) bond motifs is 3. The first-order chi connectivity index (χ1) is 11.5. The van der Waals surface area contributed by atoms with Gasteiger partial charge in [-0.05, 0) is 68.4 Å². The largest absolute Gasteiger partial charge is 0.242 e. The molecule has 0 spiro atoms. The van der Waals surface area contributed by atoms with Crippen molar-refractivity contribution in [3.8, 4) is 11.1 Å². The van der Waals surface area contributed by atoms with E-state index in [1.165, 1.54) is 10.4 Å². The third kappa shape index (κ3) is 2.25. The highest BCUT2D eigenvalue weighted by Crippen LogP contribution is 2.42. The molecule has 0 atom stereocenters. The fourth-order valence-electron chi connectivity index (χ4n) is 3.62. The molecule has 2 heterocycles. The van der Waals surface area contributed by atoms with Crippen LogP contribution in [-0.4, -0.2) is 4.98 Å². The summed E-state index contributed by atoms with van der Waals surface area (Å²) in [6.45, 7) is 3.45. The summed E-state index contributed by atoms with van der Waals surface area (Å²) < 4.78 is 42.0. The van der Waals surface area contributed by atoms with Gasteiger partial charge in [-0.2, -0.15) is 0 Å². The normalized spacial score (nSPS) is 14.2. The molecule has 2 aromatic heterocycles. The number of halogens is 3. The maximum atomic E-state index is 14.6. The Hall–Kier alpha value is -1.88. The van der Waals surface area contributed by atoms with Crippen molar-refractivity contribution in [2.45, 2.75) is 39.5 Å². The molecule has 1 aromatic carbocycles. The smallest absolute Gasteiger partial charge is 0.195 e. The molecular weight excluding hydrogens is 331 g/mol. The second-order valence-electron chi connectivity index (χ2n) is 6.38. The molecule has 0 fully saturated rings. The SMILES string of the molecule is Cc1cc(-c2c(C)cc(F)c(F)c2F)c2c3c(sc2n1)CCCC3. The molecule has 0 unspecified atom stereocenters. The molecule has 0 saturated carbocycles. The number of rotatable bonds is 1. The van der Waals surface area contributed by atoms with Crippen LogP contribution in [0.25, 0.3) is 21.3 Å². The number of hydrogen-bond donors (Lipinski definition) is 0. The minimum Gasteiger partial charge on any atom is -0.242 e. The van der Waals surface area contributed by atoms with Crippen molar-refractivity contribution in [1.82, 2.24) is 4.98 Å². The van der Waals surface area contributed by atoms with Crippen LogP contribution in [-0.2, 0) is 12.8 Å². The van der Waals surface area contributed by atoms with E-state index in [0.29, 0.717) is 11.1 Å². The van der Waals surface area contributed by atoms with E-state index in [0.717, 1.165) is 47.7 Å². The van der Waals surface area contributed by atoms with Gasteiger partial charge in [0.05, 0.1) is 0 Å². The first-order valence-electron chi connectivity index (χ1n) is 8.03. The lowest BCUT2D eigenvalue weighted by Gasteiger charge is -2.15. The van der Waals surface area contributed by atoms with Gasteiger partial charge in [0.1, 0.15) is 4.83 Å². The van der Waals surface area contributed by atoms with Gasteiger partial charge >= 0.3 is 0 Å². The highest BCUT2D eigenvalue weighted by molar-refractivity contribution is 7.19. The van der Waals surface area contributed by atoms with E-state index in [4.69, 9.17) is 0 Å². The monoisotopic (exact) mass is 347 g/mol. The van der Waals surface area contributed by atoms with Gasteiger partial charge in [-0.1, -0.05) is 0 Å². The average molecular weight is 347 g/mol. The summed E-state index contributed by atoms with van der Waals surface area (Å²) in [5, 5.41) is 0.910. The molecule has 0 N–H and O–H groups in total. The summed E-state index contributed by atoms with van der Waals surface area (Å²) in [7, 11) is 0. The van der Waals surface area contributed by atoms with E-state index in [-0.39, 0.29) is 5.56 Å². The zero-order chi connectivity index (χ0) is 17.0. The van der Waals surface area contributed by atoms with Crippen LogP contribution in [0.4, 0.5) is 13.2 Å². The fraction of sp³-hybridized carbons (Fsp3) is 0.316. The summed E-state index contributed by atoms with van der Waals surface area (Å²) in [6.07, 6.45) is 4.17. The van der Waals surface area contributed by atoms with Crippen LogP contribution in [0.1, 0.15) is 34.5 Å². The number of hydrogen-bond acceptors (Lipinski definition) is 2. The molecule has 5 heteroatoms. The average Bonchev–Trinajstić information content (AvgIpc) is 2.90. The van der Waals surface area contributed by atoms with Gasteiger partial charge in [0.25, 0.3) is 0 Å². The van der Waals surface area contributed by atoms with Crippen LogP contribution in [0.5, 0.6) is 0 Å². The predicted octanol–water partition coefficient (Wildman–Crippen LogP) is 5.88. The maximum absolute atomic E-state index is 14.6. The lowest BCUT2D eigenvalue weighted by atomic mass is 9.91. The topological polar surface area (TPSA) is 12.9 Å². The molecule has 124 valence electrons. The number of aryl methyl sites for hydroxylation is 4. The van der Waals surface area contributed by atoms with E-state index >= 15 is 0 Å². The molecule has 0 aliphatic heterocycles. The Morgan fingerprint density at radius 1 is 1.00 bits per heavy atom. The van der Waals surface area contributed by atoms with Crippen LogP contribution in [0.2, 0.25) is 0 Å². The van der Waals surface area contributed by atoms with Crippen molar-refractivity contribution < 1.29 is 13.2 Å². The highest BCUT2D eigenvalue weighted by atomic mass is 32.1. The summed E-state index contributed by atoms with van der Waals surface area (Å²) in [5.41, 5.74) is 3.13. The van der Waals surface area contributed by atoms with Crippen molar-refractivity contribution in [1.29, 1.82) is 0 Å². The van der Waals surface area contributed by atoms with Crippen molar-refractivity contribution >= 4 is 21.6 Å². The maximum Gasteiger partial charge on any atom is 0.195 e. The number of thiophene rings is 1. The zero-order valence-electron chi connectivity index (χ0n) is 13.5. The third-order valence-corrected chi connectivity index (χ3v) is 5.87. The molecule has 1 nitrogen and oxygen atoms in total. The summed E-state index contributed by atoms with van der Waals surface area (Å²) in [5.74, 6) is -3.68. The van der Waals surface area contributed by atoms with Crippen molar-refractivity contribution in [2.75, 3.05) is 0 Å². The Labute approximate surface area is 142 Å². The number of pyridine rings is 1. The van der Waals surface area contributed by atoms with Gasteiger partial charge in [0.2, 0.25) is 0 Å². The van der Waals surface area contributed by atoms with Gasteiger partial charge in [-0.25, -0.2) is 18.2 Å². The molecule has 0 amide bonds. The van der Waals surface area contributed by atoms with Crippen molar-refractivity contribution in [3.05, 3.63) is 51.3 Å². The second kappa shape index (κ2) is 5.59. The van der Waals surface area contributed by atoms with E-state index in [2.05, 4.69) is 4.98 Å². The van der Waals surface area contributed by atoms with Crippen LogP contribution < -0.4 is 0 Å². The van der Waals surface area contributed by atoms with Crippen LogP contribution >= 0.6 is 11.3 Å². The molecule has 24 heavy (non-hydrogen) atoms. The van der Waals surface area contributed by atoms with Crippen molar-refractivity contribution in [3.63, 3.8) is 0 Å². The molecule has 0 radical (unpaired) electrons. The molecule has 3 aromatic rings. The Balaban J connectivity index is 2.11. The van der Waals surface area contributed by atoms with E-state index in [1.54, 1.807) is 24.3 Å². The lowest BCUT2D eigenvalue weighted by Crippen LogP contribution is -2.01. The Bertz CT molecular complexity index is 975. The van der Waals surface area contributed by atoms with Gasteiger partial charge < -0.3 is 0 Å². The number of benzene rings is 1. The van der Waals surface area contributed by atoms with E-state index in [1.807, 2.05) is 6.92 Å². The zero-order valence-corrected chi connectivity index (χ0v) is 14.3. The van der Waals surface area contributed by atoms with Crippen molar-refractivity contribution in [2.24, 2.45) is 0 Å². The summed E-state index contributed by atoms with van der Waals surface area (Å²) in [6, 6.07) is 2.85. The van der Waals surface area contributed by atoms with E-state index < -0.39 is 17.5 Å². The molecular formula is C19H16F3NS. The highest BCUT2D eigenvalue weighted by Gasteiger charge is 2.24. The predicted molar refractivity (Wildman–Crippen MR) is 91.0 cm³/mol. The third-order valence-electron chi connectivity index (χ3n) is 4.68. The number of aromatic nitrogens is 1. The van der Waals surface area contributed by atoms with Crippen LogP contribution in [0.3, 0.4) is 0 Å². The summed E-state index contributed by atoms with van der Waals surface area (Å²) in [4.78, 5) is 6.74. The fourth-order valence-corrected chi connectivity index (χ4v) is 4.95. The van der Waals surface area contributed by atoms with Gasteiger partial charge in [-0.3, -0.25) is 0 Å². The van der Waals surface area contributed by atoms with Gasteiger partial charge in [0, 0.05) is 21.5 Å². The van der Waals surface area contributed by atoms with E-state index in [9.17, 15) is 13.2 Å². The quantitative estimate of drug-likeness (QED) is 0.501. The molecule has 4 rings (SSSR count). The molecule has 1 aliphatic carbocycles. The standard InChI is InChI=1S/C19H16F3NS/c1-9-7-13(20)17(21)18(22)15(9)12-8-10(2)23-19-16(12)11-5-3-4-6-14(11)24-19/h7-8H,3-6H2,1-2H3. The second-order valence-corrected chi connectivity index (χ2v) is 7.46. The summed E-state index contributed by atoms with van der Waals surface area (Å²) >= 11 is 1.64.